The summed E-state index contributed by atoms with van der Waals surface area (Å²) in [4.78, 5) is 17.5. The van der Waals surface area contributed by atoms with Crippen LogP contribution in [0.5, 0.6) is 0 Å². The molecular formula is C9H19N3O3. The molecule has 1 fully saturated rings. The van der Waals surface area contributed by atoms with Gasteiger partial charge < -0.3 is 14.8 Å². The van der Waals surface area contributed by atoms with Gasteiger partial charge in [0.15, 0.2) is 0 Å². The molecule has 0 aromatic rings. The molecule has 6 nitrogen and oxygen atoms in total. The number of rotatable bonds is 4. The third kappa shape index (κ3) is 4.57. The standard InChI is InChI=1S/C9H19N3O3/c1-9(14)3-6-12(7-4-9)5-2-8(13)15-11-10/h11,14H,2-7,10H2,1H3. The van der Waals surface area contributed by atoms with Crippen molar-refractivity contribution in [2.24, 2.45) is 5.84 Å². The number of nitrogens with zero attached hydrogens (tertiary/aromatic N) is 1. The molecule has 1 saturated heterocycles. The first-order valence-electron chi connectivity index (χ1n) is 5.13. The minimum absolute atomic E-state index is 0.312. The topological polar surface area (TPSA) is 87.8 Å². The Morgan fingerprint density at radius 3 is 2.73 bits per heavy atom. The molecule has 4 N–H and O–H groups in total. The van der Waals surface area contributed by atoms with Crippen molar-refractivity contribution in [2.75, 3.05) is 19.6 Å². The summed E-state index contributed by atoms with van der Waals surface area (Å²) in [6, 6.07) is 0. The van der Waals surface area contributed by atoms with Crippen LogP contribution in [0.15, 0.2) is 0 Å². The Bertz CT molecular complexity index is 211. The van der Waals surface area contributed by atoms with Crippen LogP contribution >= 0.6 is 0 Å². The summed E-state index contributed by atoms with van der Waals surface area (Å²) >= 11 is 0. The fourth-order valence-electron chi connectivity index (χ4n) is 1.62. The van der Waals surface area contributed by atoms with Crippen LogP contribution in [0.2, 0.25) is 0 Å². The zero-order valence-electron chi connectivity index (χ0n) is 9.03. The second-order valence-corrected chi connectivity index (χ2v) is 4.18. The van der Waals surface area contributed by atoms with Crippen molar-refractivity contribution in [2.45, 2.75) is 31.8 Å². The second-order valence-electron chi connectivity index (χ2n) is 4.18. The first kappa shape index (κ1) is 12.4. The van der Waals surface area contributed by atoms with Crippen LogP contribution in [0.3, 0.4) is 0 Å². The van der Waals surface area contributed by atoms with E-state index in [1.54, 1.807) is 0 Å². The zero-order chi connectivity index (χ0) is 11.3. The second kappa shape index (κ2) is 5.41. The summed E-state index contributed by atoms with van der Waals surface area (Å²) in [5, 5.41) is 9.71. The van der Waals surface area contributed by atoms with E-state index in [1.165, 1.54) is 0 Å². The average molecular weight is 217 g/mol. The van der Waals surface area contributed by atoms with E-state index in [-0.39, 0.29) is 5.97 Å². The number of piperidine rings is 1. The van der Waals surface area contributed by atoms with Crippen molar-refractivity contribution in [1.29, 1.82) is 0 Å². The van der Waals surface area contributed by atoms with Gasteiger partial charge in [-0.3, -0.25) is 4.79 Å². The quantitative estimate of drug-likeness (QED) is 0.420. The lowest BCUT2D eigenvalue weighted by Crippen LogP contribution is -2.43. The molecule has 0 unspecified atom stereocenters. The van der Waals surface area contributed by atoms with Crippen molar-refractivity contribution in [3.05, 3.63) is 0 Å². The van der Waals surface area contributed by atoms with Gasteiger partial charge in [0.2, 0.25) is 0 Å². The minimum atomic E-state index is -0.546. The number of aliphatic hydroxyl groups is 1. The van der Waals surface area contributed by atoms with Gasteiger partial charge in [-0.25, -0.2) is 5.84 Å². The largest absolute Gasteiger partial charge is 0.390 e. The Morgan fingerprint density at radius 1 is 1.60 bits per heavy atom. The fraction of sp³-hybridized carbons (Fsp3) is 0.889. The Morgan fingerprint density at radius 2 is 2.20 bits per heavy atom. The molecule has 0 saturated carbocycles. The molecule has 0 radical (unpaired) electrons. The number of hydrogen-bond acceptors (Lipinski definition) is 6. The summed E-state index contributed by atoms with van der Waals surface area (Å²) in [5.74, 6) is 4.47. The maximum atomic E-state index is 11.0. The summed E-state index contributed by atoms with van der Waals surface area (Å²) in [5.41, 5.74) is 1.31. The molecule has 0 amide bonds. The molecule has 1 rings (SSSR count). The van der Waals surface area contributed by atoms with Crippen LogP contribution < -0.4 is 11.4 Å². The molecule has 0 aromatic heterocycles. The molecule has 1 heterocycles. The number of hydrogen-bond donors (Lipinski definition) is 3. The summed E-state index contributed by atoms with van der Waals surface area (Å²) in [7, 11) is 0. The highest BCUT2D eigenvalue weighted by Crippen LogP contribution is 2.20. The third-order valence-corrected chi connectivity index (χ3v) is 2.74. The SMILES string of the molecule is CC1(O)CCN(CCC(=O)ONN)CC1. The van der Waals surface area contributed by atoms with Crippen LogP contribution in [0.4, 0.5) is 0 Å². The minimum Gasteiger partial charge on any atom is -0.390 e. The molecule has 15 heavy (non-hydrogen) atoms. The van der Waals surface area contributed by atoms with Gasteiger partial charge in [0.1, 0.15) is 0 Å². The van der Waals surface area contributed by atoms with Crippen molar-refractivity contribution >= 4 is 5.97 Å². The Kier molecular flexibility index (Phi) is 4.46. The summed E-state index contributed by atoms with van der Waals surface area (Å²) in [6.07, 6.45) is 1.81. The van der Waals surface area contributed by atoms with E-state index in [1.807, 2.05) is 12.5 Å². The number of nitrogens with one attached hydrogen (secondary N) is 1. The van der Waals surface area contributed by atoms with Crippen molar-refractivity contribution in [1.82, 2.24) is 10.5 Å². The van der Waals surface area contributed by atoms with Gasteiger partial charge in [0.25, 0.3) is 0 Å². The van der Waals surface area contributed by atoms with Gasteiger partial charge in [0.05, 0.1) is 12.0 Å². The van der Waals surface area contributed by atoms with Gasteiger partial charge >= 0.3 is 5.97 Å². The van der Waals surface area contributed by atoms with Gasteiger partial charge in [0, 0.05) is 19.6 Å². The van der Waals surface area contributed by atoms with Crippen LogP contribution in [0.1, 0.15) is 26.2 Å². The van der Waals surface area contributed by atoms with Gasteiger partial charge in [-0.2, -0.15) is 0 Å². The van der Waals surface area contributed by atoms with Crippen molar-refractivity contribution in [3.63, 3.8) is 0 Å². The van der Waals surface area contributed by atoms with E-state index in [2.05, 4.69) is 9.74 Å². The Balaban J connectivity index is 2.16. The lowest BCUT2D eigenvalue weighted by molar-refractivity contribution is -0.151. The number of carbonyl (C=O) groups excluding carboxylic acids is 1. The molecule has 0 aliphatic carbocycles. The normalized spacial score (nSPS) is 21.3. The Hall–Kier alpha value is -0.690. The van der Waals surface area contributed by atoms with Gasteiger partial charge in [-0.1, -0.05) is 5.59 Å². The number of likely N-dealkylation sites (tertiary alicyclic amines) is 1. The Labute approximate surface area is 89.3 Å². The number of hydrazine groups is 1. The molecule has 0 aromatic carbocycles. The van der Waals surface area contributed by atoms with Crippen LogP contribution in [0.25, 0.3) is 0 Å². The number of carbonyl (C=O) groups is 1. The van der Waals surface area contributed by atoms with Gasteiger partial charge in [-0.15, -0.1) is 0 Å². The molecule has 0 spiro atoms. The van der Waals surface area contributed by atoms with Crippen LogP contribution in [-0.4, -0.2) is 41.2 Å². The maximum Gasteiger partial charge on any atom is 0.327 e. The first-order chi connectivity index (χ1) is 7.03. The summed E-state index contributed by atoms with van der Waals surface area (Å²) < 4.78 is 0. The monoisotopic (exact) mass is 217 g/mol. The lowest BCUT2D eigenvalue weighted by atomic mass is 9.94. The summed E-state index contributed by atoms with van der Waals surface area (Å²) in [6.45, 7) is 4.13. The first-order valence-corrected chi connectivity index (χ1v) is 5.13. The molecule has 1 aliphatic rings. The third-order valence-electron chi connectivity index (χ3n) is 2.74. The molecule has 6 heteroatoms. The van der Waals surface area contributed by atoms with Crippen molar-refractivity contribution in [3.8, 4) is 0 Å². The van der Waals surface area contributed by atoms with Crippen LogP contribution in [-0.2, 0) is 9.63 Å². The molecule has 88 valence electrons. The lowest BCUT2D eigenvalue weighted by Gasteiger charge is -2.35. The fourth-order valence-corrected chi connectivity index (χ4v) is 1.62. The molecule has 0 atom stereocenters. The maximum absolute atomic E-state index is 11.0. The highest BCUT2D eigenvalue weighted by Gasteiger charge is 2.27. The van der Waals surface area contributed by atoms with E-state index < -0.39 is 5.60 Å². The molecule has 1 aliphatic heterocycles. The smallest absolute Gasteiger partial charge is 0.327 e. The van der Waals surface area contributed by atoms with Crippen LogP contribution in [0, 0.1) is 0 Å². The van der Waals surface area contributed by atoms with E-state index in [0.717, 1.165) is 25.9 Å². The van der Waals surface area contributed by atoms with Gasteiger partial charge in [-0.05, 0) is 19.8 Å². The zero-order valence-corrected chi connectivity index (χ0v) is 9.03. The van der Waals surface area contributed by atoms with E-state index in [4.69, 9.17) is 5.84 Å². The van der Waals surface area contributed by atoms with E-state index >= 15 is 0 Å². The average Bonchev–Trinajstić information content (AvgIpc) is 2.17. The van der Waals surface area contributed by atoms with E-state index in [9.17, 15) is 9.90 Å². The number of nitrogens with two attached hydrogens (primary N) is 1. The highest BCUT2D eigenvalue weighted by atomic mass is 16.7. The highest BCUT2D eigenvalue weighted by molar-refractivity contribution is 5.69. The van der Waals surface area contributed by atoms with Crippen molar-refractivity contribution < 1.29 is 14.7 Å². The molecule has 0 bridgehead atoms. The predicted molar refractivity (Wildman–Crippen MR) is 54.3 cm³/mol. The van der Waals surface area contributed by atoms with E-state index in [0.29, 0.717) is 13.0 Å². The predicted octanol–water partition coefficient (Wildman–Crippen LogP) is -0.855. The molecular weight excluding hydrogens is 198 g/mol.